The SMILES string of the molecule is O=S(CCO)C1(Cl)Cc2ccccc2S1. The number of alkyl halides is 1. The van der Waals surface area contributed by atoms with Crippen LogP contribution in [-0.4, -0.2) is 25.2 Å². The van der Waals surface area contributed by atoms with Gasteiger partial charge in [-0.15, -0.1) is 0 Å². The fourth-order valence-corrected chi connectivity index (χ4v) is 4.82. The van der Waals surface area contributed by atoms with E-state index in [4.69, 9.17) is 16.7 Å². The zero-order chi connectivity index (χ0) is 10.9. The number of rotatable bonds is 3. The van der Waals surface area contributed by atoms with Crippen LogP contribution < -0.4 is 0 Å². The van der Waals surface area contributed by atoms with Gasteiger partial charge >= 0.3 is 0 Å². The lowest BCUT2D eigenvalue weighted by Gasteiger charge is -2.18. The quantitative estimate of drug-likeness (QED) is 0.847. The van der Waals surface area contributed by atoms with Crippen LogP contribution in [0.4, 0.5) is 0 Å². The summed E-state index contributed by atoms with van der Waals surface area (Å²) >= 11 is 7.76. The average molecular weight is 263 g/mol. The highest BCUT2D eigenvalue weighted by molar-refractivity contribution is 8.14. The molecule has 0 spiro atoms. The van der Waals surface area contributed by atoms with Crippen LogP contribution in [0.2, 0.25) is 0 Å². The Balaban J connectivity index is 2.21. The van der Waals surface area contributed by atoms with Crippen molar-refractivity contribution in [2.24, 2.45) is 0 Å². The standard InChI is InChI=1S/C10H11ClO2S2/c11-10(15(13)6-5-12)7-8-3-1-2-4-9(8)14-10/h1-4,12H,5-7H2. The first-order chi connectivity index (χ1) is 7.15. The van der Waals surface area contributed by atoms with Gasteiger partial charge < -0.3 is 5.11 Å². The molecule has 2 unspecified atom stereocenters. The molecular formula is C10H11ClO2S2. The summed E-state index contributed by atoms with van der Waals surface area (Å²) in [4.78, 5) is 1.10. The normalized spacial score (nSPS) is 26.3. The van der Waals surface area contributed by atoms with Gasteiger partial charge in [-0.25, -0.2) is 0 Å². The van der Waals surface area contributed by atoms with E-state index in [0.29, 0.717) is 6.42 Å². The molecule has 0 radical (unpaired) electrons. The van der Waals surface area contributed by atoms with Crippen LogP contribution in [0, 0.1) is 0 Å². The molecule has 0 fully saturated rings. The molecule has 2 nitrogen and oxygen atoms in total. The summed E-state index contributed by atoms with van der Waals surface area (Å²) in [5, 5.41) is 8.77. The molecule has 2 rings (SSSR count). The lowest BCUT2D eigenvalue weighted by Crippen LogP contribution is -2.26. The van der Waals surface area contributed by atoms with E-state index in [0.717, 1.165) is 10.5 Å². The van der Waals surface area contributed by atoms with Gasteiger partial charge in [0.05, 0.1) is 17.4 Å². The summed E-state index contributed by atoms with van der Waals surface area (Å²) in [5.41, 5.74) is 1.14. The molecule has 0 saturated heterocycles. The molecule has 0 bridgehead atoms. The molecule has 1 aromatic carbocycles. The molecule has 1 aliphatic rings. The largest absolute Gasteiger partial charge is 0.395 e. The number of hydrogen-bond donors (Lipinski definition) is 1. The van der Waals surface area contributed by atoms with Gasteiger partial charge in [0.2, 0.25) is 0 Å². The van der Waals surface area contributed by atoms with Crippen molar-refractivity contribution >= 4 is 34.2 Å². The Labute approximate surface area is 100 Å². The predicted octanol–water partition coefficient (Wildman–Crippen LogP) is 1.97. The first-order valence-corrected chi connectivity index (χ1v) is 7.12. The molecule has 1 N–H and O–H groups in total. The number of benzene rings is 1. The first-order valence-electron chi connectivity index (χ1n) is 4.61. The number of halogens is 1. The Morgan fingerprint density at radius 2 is 2.27 bits per heavy atom. The van der Waals surface area contributed by atoms with E-state index in [1.165, 1.54) is 11.8 Å². The molecule has 0 aliphatic carbocycles. The van der Waals surface area contributed by atoms with E-state index in [1.54, 1.807) is 0 Å². The van der Waals surface area contributed by atoms with Gasteiger partial charge in [-0.2, -0.15) is 0 Å². The van der Waals surface area contributed by atoms with E-state index < -0.39 is 14.3 Å². The average Bonchev–Trinajstić information content (AvgIpc) is 2.56. The molecule has 0 aromatic heterocycles. The molecule has 2 atom stereocenters. The second-order valence-corrected chi connectivity index (χ2v) is 7.81. The number of thioether (sulfide) groups is 1. The zero-order valence-corrected chi connectivity index (χ0v) is 10.4. The number of fused-ring (bicyclic) bond motifs is 1. The van der Waals surface area contributed by atoms with E-state index in [9.17, 15) is 4.21 Å². The highest BCUT2D eigenvalue weighted by Gasteiger charge is 2.41. The third kappa shape index (κ3) is 2.23. The van der Waals surface area contributed by atoms with Gasteiger partial charge in [-0.3, -0.25) is 4.21 Å². The van der Waals surface area contributed by atoms with Crippen molar-refractivity contribution in [3.05, 3.63) is 29.8 Å². The van der Waals surface area contributed by atoms with Gasteiger partial charge in [0.15, 0.2) is 3.54 Å². The summed E-state index contributed by atoms with van der Waals surface area (Å²) in [7, 11) is -1.21. The first kappa shape index (κ1) is 11.5. The summed E-state index contributed by atoms with van der Waals surface area (Å²) in [6.45, 7) is -0.0853. The number of aliphatic hydroxyl groups is 1. The van der Waals surface area contributed by atoms with Gasteiger partial charge in [-0.05, 0) is 11.6 Å². The van der Waals surface area contributed by atoms with E-state index in [1.807, 2.05) is 24.3 Å². The summed E-state index contributed by atoms with van der Waals surface area (Å²) in [5.74, 6) is 0.241. The minimum Gasteiger partial charge on any atom is -0.395 e. The maximum atomic E-state index is 11.8. The fraction of sp³-hybridized carbons (Fsp3) is 0.400. The van der Waals surface area contributed by atoms with Crippen molar-refractivity contribution in [3.63, 3.8) is 0 Å². The Kier molecular flexibility index (Phi) is 3.40. The molecule has 5 heteroatoms. The topological polar surface area (TPSA) is 37.3 Å². The predicted molar refractivity (Wildman–Crippen MR) is 64.7 cm³/mol. The third-order valence-electron chi connectivity index (χ3n) is 2.25. The fourth-order valence-electron chi connectivity index (χ4n) is 1.54. The van der Waals surface area contributed by atoms with E-state index in [2.05, 4.69) is 0 Å². The Morgan fingerprint density at radius 3 is 2.93 bits per heavy atom. The molecule has 15 heavy (non-hydrogen) atoms. The van der Waals surface area contributed by atoms with Crippen molar-refractivity contribution < 1.29 is 9.32 Å². The lowest BCUT2D eigenvalue weighted by molar-refractivity contribution is 0.321. The molecule has 1 heterocycles. The van der Waals surface area contributed by atoms with Crippen LogP contribution in [0.1, 0.15) is 5.56 Å². The molecule has 0 amide bonds. The van der Waals surface area contributed by atoms with Gasteiger partial charge in [0, 0.05) is 17.1 Å². The van der Waals surface area contributed by atoms with Crippen LogP contribution in [0.15, 0.2) is 29.2 Å². The summed E-state index contributed by atoms with van der Waals surface area (Å²) < 4.78 is 11.0. The Morgan fingerprint density at radius 1 is 1.53 bits per heavy atom. The lowest BCUT2D eigenvalue weighted by atomic mass is 10.2. The van der Waals surface area contributed by atoms with Gasteiger partial charge in [0.1, 0.15) is 0 Å². The summed E-state index contributed by atoms with van der Waals surface area (Å²) in [6, 6.07) is 7.89. The van der Waals surface area contributed by atoms with Crippen molar-refractivity contribution in [2.45, 2.75) is 14.9 Å². The number of hydrogen-bond acceptors (Lipinski definition) is 3. The minimum absolute atomic E-state index is 0.0853. The maximum Gasteiger partial charge on any atom is 0.173 e. The van der Waals surface area contributed by atoms with Crippen molar-refractivity contribution in [1.29, 1.82) is 0 Å². The highest BCUT2D eigenvalue weighted by atomic mass is 35.5. The summed E-state index contributed by atoms with van der Waals surface area (Å²) in [6.07, 6.45) is 0.599. The van der Waals surface area contributed by atoms with Crippen molar-refractivity contribution in [1.82, 2.24) is 0 Å². The van der Waals surface area contributed by atoms with Crippen LogP contribution in [0.25, 0.3) is 0 Å². The number of aliphatic hydroxyl groups excluding tert-OH is 1. The van der Waals surface area contributed by atoms with Crippen LogP contribution >= 0.6 is 23.4 Å². The highest BCUT2D eigenvalue weighted by Crippen LogP contribution is 2.49. The molecule has 1 aliphatic heterocycles. The van der Waals surface area contributed by atoms with Crippen LogP contribution in [0.3, 0.4) is 0 Å². The molecular weight excluding hydrogens is 252 g/mol. The van der Waals surface area contributed by atoms with Gasteiger partial charge in [-0.1, -0.05) is 41.6 Å². The monoisotopic (exact) mass is 262 g/mol. The van der Waals surface area contributed by atoms with Crippen molar-refractivity contribution in [3.8, 4) is 0 Å². The van der Waals surface area contributed by atoms with E-state index in [-0.39, 0.29) is 12.4 Å². The third-order valence-corrected chi connectivity index (χ3v) is 6.39. The van der Waals surface area contributed by atoms with Crippen LogP contribution in [-0.2, 0) is 17.2 Å². The van der Waals surface area contributed by atoms with Crippen molar-refractivity contribution in [2.75, 3.05) is 12.4 Å². The molecule has 1 aromatic rings. The maximum absolute atomic E-state index is 11.8. The second kappa shape index (κ2) is 4.45. The zero-order valence-electron chi connectivity index (χ0n) is 7.98. The smallest absolute Gasteiger partial charge is 0.173 e. The van der Waals surface area contributed by atoms with Gasteiger partial charge in [0.25, 0.3) is 0 Å². The molecule has 0 saturated carbocycles. The molecule has 82 valence electrons. The second-order valence-electron chi connectivity index (χ2n) is 3.32. The Hall–Kier alpha value is -0.0300. The minimum atomic E-state index is -1.21. The van der Waals surface area contributed by atoms with Crippen LogP contribution in [0.5, 0.6) is 0 Å². The Bertz CT molecular complexity index is 370. The van der Waals surface area contributed by atoms with E-state index >= 15 is 0 Å².